The Balaban J connectivity index is 1.57. The van der Waals surface area contributed by atoms with Gasteiger partial charge in [-0.1, -0.05) is 53.7 Å². The Labute approximate surface area is 171 Å². The van der Waals surface area contributed by atoms with Crippen LogP contribution in [0.15, 0.2) is 56.7 Å². The summed E-state index contributed by atoms with van der Waals surface area (Å²) in [6.45, 7) is 4.83. The lowest BCUT2D eigenvalue weighted by atomic mass is 10.1. The van der Waals surface area contributed by atoms with Gasteiger partial charge in [0.15, 0.2) is 10.9 Å². The summed E-state index contributed by atoms with van der Waals surface area (Å²) in [5.74, 6) is 3.09. The van der Waals surface area contributed by atoms with Gasteiger partial charge in [-0.3, -0.25) is 9.36 Å². The first-order valence-corrected chi connectivity index (χ1v) is 10.7. The number of furan rings is 1. The zero-order valence-electron chi connectivity index (χ0n) is 15.4. The zero-order valence-corrected chi connectivity index (χ0v) is 17.8. The van der Waals surface area contributed by atoms with Crippen LogP contribution in [0.4, 0.5) is 0 Å². The largest absolute Gasteiger partial charge is 0.467 e. The quantitative estimate of drug-likeness (QED) is 0.244. The van der Waals surface area contributed by atoms with Crippen LogP contribution < -0.4 is 0 Å². The number of Topliss-reactive ketones (excluding diaryl/α,β-unsaturated/α-hetero) is 1. The summed E-state index contributed by atoms with van der Waals surface area (Å²) in [7, 11) is 0. The number of hydrogen-bond acceptors (Lipinski definition) is 5. The Bertz CT molecular complexity index is 873. The number of benzene rings is 1. The van der Waals surface area contributed by atoms with Crippen molar-refractivity contribution in [1.82, 2.24) is 14.8 Å². The van der Waals surface area contributed by atoms with Crippen molar-refractivity contribution in [2.75, 3.05) is 5.75 Å². The van der Waals surface area contributed by atoms with Crippen molar-refractivity contribution in [2.45, 2.75) is 44.3 Å². The number of thioether (sulfide) groups is 1. The Morgan fingerprint density at radius 3 is 2.67 bits per heavy atom. The molecule has 0 spiro atoms. The molecule has 0 atom stereocenters. The van der Waals surface area contributed by atoms with E-state index < -0.39 is 0 Å². The number of halogens is 1. The lowest BCUT2D eigenvalue weighted by Gasteiger charge is -2.10. The summed E-state index contributed by atoms with van der Waals surface area (Å²) in [5, 5.41) is 9.56. The van der Waals surface area contributed by atoms with E-state index in [-0.39, 0.29) is 11.7 Å². The molecule has 0 radical (unpaired) electrons. The van der Waals surface area contributed by atoms with E-state index in [9.17, 15) is 4.79 Å². The zero-order chi connectivity index (χ0) is 19.2. The Kier molecular flexibility index (Phi) is 6.90. The number of nitrogens with zero attached hydrogens (tertiary/aromatic N) is 3. The summed E-state index contributed by atoms with van der Waals surface area (Å²) in [4.78, 5) is 12.3. The molecule has 0 saturated heterocycles. The molecule has 27 heavy (non-hydrogen) atoms. The second-order valence-electron chi connectivity index (χ2n) is 6.54. The second kappa shape index (κ2) is 9.37. The third kappa shape index (κ3) is 5.32. The van der Waals surface area contributed by atoms with E-state index in [1.54, 1.807) is 18.0 Å². The maximum absolute atomic E-state index is 12.3. The summed E-state index contributed by atoms with van der Waals surface area (Å²) < 4.78 is 8.56. The van der Waals surface area contributed by atoms with Gasteiger partial charge in [0.05, 0.1) is 12.8 Å². The van der Waals surface area contributed by atoms with Gasteiger partial charge in [0.25, 0.3) is 0 Å². The molecule has 7 heteroatoms. The number of rotatable bonds is 9. The number of hydrogen-bond donors (Lipinski definition) is 0. The fourth-order valence-corrected chi connectivity index (χ4v) is 3.87. The Hall–Kier alpha value is -1.86. The van der Waals surface area contributed by atoms with Crippen LogP contribution in [0.2, 0.25) is 0 Å². The van der Waals surface area contributed by atoms with Crippen molar-refractivity contribution in [3.8, 4) is 0 Å². The highest BCUT2D eigenvalue weighted by Crippen LogP contribution is 2.24. The van der Waals surface area contributed by atoms with Crippen molar-refractivity contribution in [2.24, 2.45) is 0 Å². The molecule has 0 N–H and O–H groups in total. The van der Waals surface area contributed by atoms with Gasteiger partial charge in [-0.05, 0) is 30.7 Å². The minimum Gasteiger partial charge on any atom is -0.467 e. The molecule has 0 saturated carbocycles. The van der Waals surface area contributed by atoms with Crippen molar-refractivity contribution in [1.29, 1.82) is 0 Å². The number of carbonyl (C=O) groups is 1. The van der Waals surface area contributed by atoms with E-state index in [0.717, 1.165) is 39.0 Å². The Morgan fingerprint density at radius 1 is 1.22 bits per heavy atom. The van der Waals surface area contributed by atoms with E-state index in [1.165, 1.54) is 0 Å². The van der Waals surface area contributed by atoms with Gasteiger partial charge in [0.1, 0.15) is 11.6 Å². The predicted octanol–water partition coefficient (Wildman–Crippen LogP) is 5.56. The average molecular weight is 448 g/mol. The molecule has 1 aromatic carbocycles. The van der Waals surface area contributed by atoms with Crippen LogP contribution in [-0.2, 0) is 6.54 Å². The van der Waals surface area contributed by atoms with E-state index in [2.05, 4.69) is 44.5 Å². The highest BCUT2D eigenvalue weighted by atomic mass is 79.9. The lowest BCUT2D eigenvalue weighted by molar-refractivity contribution is 0.0982. The van der Waals surface area contributed by atoms with Crippen LogP contribution in [0.3, 0.4) is 0 Å². The van der Waals surface area contributed by atoms with Crippen LogP contribution in [-0.4, -0.2) is 26.3 Å². The molecule has 0 aliphatic rings. The van der Waals surface area contributed by atoms with Crippen molar-refractivity contribution >= 4 is 33.5 Å². The van der Waals surface area contributed by atoms with E-state index >= 15 is 0 Å². The van der Waals surface area contributed by atoms with E-state index in [4.69, 9.17) is 4.42 Å². The van der Waals surface area contributed by atoms with Gasteiger partial charge in [-0.25, -0.2) is 0 Å². The molecule has 2 aromatic heterocycles. The highest BCUT2D eigenvalue weighted by Gasteiger charge is 2.16. The van der Waals surface area contributed by atoms with Gasteiger partial charge in [0, 0.05) is 28.1 Å². The minimum absolute atomic E-state index is 0.169. The summed E-state index contributed by atoms with van der Waals surface area (Å²) >= 11 is 5.02. The number of ketones is 1. The molecular weight excluding hydrogens is 426 g/mol. The molecule has 142 valence electrons. The maximum atomic E-state index is 12.3. The van der Waals surface area contributed by atoms with Crippen LogP contribution in [0, 0.1) is 0 Å². The molecule has 0 bridgehead atoms. The van der Waals surface area contributed by atoms with E-state index in [1.807, 2.05) is 36.4 Å². The molecule has 0 aliphatic heterocycles. The summed E-state index contributed by atoms with van der Waals surface area (Å²) in [6, 6.07) is 11.3. The third-order valence-electron chi connectivity index (χ3n) is 4.10. The molecule has 0 fully saturated rings. The van der Waals surface area contributed by atoms with Crippen LogP contribution in [0.25, 0.3) is 0 Å². The first-order valence-electron chi connectivity index (χ1n) is 8.91. The third-order valence-corrected chi connectivity index (χ3v) is 5.68. The summed E-state index contributed by atoms with van der Waals surface area (Å²) in [6.07, 6.45) is 3.00. The SMILES string of the molecule is CC(C)c1nnc(SCCCC(=O)c2ccc(Br)cc2)n1Cc1ccco1. The first kappa shape index (κ1) is 19.9. The van der Waals surface area contributed by atoms with Crippen molar-refractivity contribution < 1.29 is 9.21 Å². The second-order valence-corrected chi connectivity index (χ2v) is 8.52. The fourth-order valence-electron chi connectivity index (χ4n) is 2.72. The molecule has 0 aliphatic carbocycles. The molecule has 5 nitrogen and oxygen atoms in total. The van der Waals surface area contributed by atoms with Gasteiger partial charge >= 0.3 is 0 Å². The smallest absolute Gasteiger partial charge is 0.191 e. The average Bonchev–Trinajstić information content (AvgIpc) is 3.30. The standard InChI is InChI=1S/C20H22BrN3O2S/c1-14(2)19-22-23-20(24(19)13-17-5-3-11-26-17)27-12-4-6-18(25)15-7-9-16(21)10-8-15/h3,5,7-11,14H,4,6,12-13H2,1-2H3. The lowest BCUT2D eigenvalue weighted by Crippen LogP contribution is -2.08. The normalized spacial score (nSPS) is 11.3. The van der Waals surface area contributed by atoms with Crippen LogP contribution in [0.1, 0.15) is 54.5 Å². The maximum Gasteiger partial charge on any atom is 0.191 e. The first-order chi connectivity index (χ1) is 13.0. The molecular formula is C20H22BrN3O2S. The van der Waals surface area contributed by atoms with Crippen molar-refractivity contribution in [3.05, 3.63) is 64.3 Å². The van der Waals surface area contributed by atoms with Crippen molar-refractivity contribution in [3.63, 3.8) is 0 Å². The number of carbonyl (C=O) groups excluding carboxylic acids is 1. The molecule has 2 heterocycles. The van der Waals surface area contributed by atoms with Gasteiger partial charge in [-0.15, -0.1) is 10.2 Å². The molecule has 0 amide bonds. The predicted molar refractivity (Wildman–Crippen MR) is 110 cm³/mol. The van der Waals surface area contributed by atoms with Crippen LogP contribution >= 0.6 is 27.7 Å². The highest BCUT2D eigenvalue weighted by molar-refractivity contribution is 9.10. The Morgan fingerprint density at radius 2 is 2.00 bits per heavy atom. The summed E-state index contributed by atoms with van der Waals surface area (Å²) in [5.41, 5.74) is 0.756. The van der Waals surface area contributed by atoms with Gasteiger partial charge in [0.2, 0.25) is 0 Å². The topological polar surface area (TPSA) is 60.9 Å². The molecule has 3 rings (SSSR count). The van der Waals surface area contributed by atoms with E-state index in [0.29, 0.717) is 13.0 Å². The fraction of sp³-hybridized carbons (Fsp3) is 0.350. The van der Waals surface area contributed by atoms with Gasteiger partial charge in [-0.2, -0.15) is 0 Å². The molecule has 0 unspecified atom stereocenters. The monoisotopic (exact) mass is 447 g/mol. The minimum atomic E-state index is 0.169. The number of aromatic nitrogens is 3. The molecule has 3 aromatic rings. The van der Waals surface area contributed by atoms with Gasteiger partial charge < -0.3 is 4.42 Å². The van der Waals surface area contributed by atoms with Crippen LogP contribution in [0.5, 0.6) is 0 Å².